The van der Waals surface area contributed by atoms with Crippen LogP contribution in [-0.2, 0) is 6.42 Å². The molecule has 0 N–H and O–H groups in total. The van der Waals surface area contributed by atoms with Gasteiger partial charge in [-0.15, -0.1) is 0 Å². The highest BCUT2D eigenvalue weighted by Gasteiger charge is 2.23. The van der Waals surface area contributed by atoms with Crippen LogP contribution in [0.15, 0.2) is 28.7 Å². The summed E-state index contributed by atoms with van der Waals surface area (Å²) in [7, 11) is 0. The first-order valence-corrected chi connectivity index (χ1v) is 8.31. The fourth-order valence-corrected chi connectivity index (χ4v) is 2.82. The topological polar surface area (TPSA) is 75.7 Å². The van der Waals surface area contributed by atoms with Crippen LogP contribution in [0.1, 0.15) is 35.2 Å². The van der Waals surface area contributed by atoms with Gasteiger partial charge in [-0.3, -0.25) is 4.79 Å². The minimum atomic E-state index is -0.269. The fourth-order valence-electron chi connectivity index (χ4n) is 2.82. The van der Waals surface area contributed by atoms with E-state index >= 15 is 0 Å². The van der Waals surface area contributed by atoms with Crippen LogP contribution in [-0.4, -0.2) is 25.7 Å². The molecule has 2 heterocycles. The number of nitriles is 1. The number of furan rings is 1. The van der Waals surface area contributed by atoms with Crippen LogP contribution in [0.4, 0.5) is 5.69 Å². The largest absolute Gasteiger partial charge is 0.486 e. The quantitative estimate of drug-likeness (QED) is 0.833. The number of hydrogen-bond acceptors (Lipinski definition) is 5. The molecule has 25 heavy (non-hydrogen) atoms. The number of anilines is 1. The van der Waals surface area contributed by atoms with Gasteiger partial charge in [0, 0.05) is 24.7 Å². The molecule has 1 aromatic heterocycles. The van der Waals surface area contributed by atoms with Gasteiger partial charge in [-0.25, -0.2) is 0 Å². The molecule has 0 aliphatic carbocycles. The first-order chi connectivity index (χ1) is 12.1. The maximum absolute atomic E-state index is 13.0. The zero-order valence-corrected chi connectivity index (χ0v) is 14.4. The summed E-state index contributed by atoms with van der Waals surface area (Å²) in [4.78, 5) is 14.5. The first kappa shape index (κ1) is 16.9. The van der Waals surface area contributed by atoms with Crippen molar-refractivity contribution in [1.29, 1.82) is 5.26 Å². The number of carbonyl (C=O) groups is 1. The number of carbonyl (C=O) groups excluding carboxylic acids is 1. The molecule has 3 rings (SSSR count). The third-order valence-corrected chi connectivity index (χ3v) is 4.08. The van der Waals surface area contributed by atoms with Crippen molar-refractivity contribution >= 4 is 11.6 Å². The van der Waals surface area contributed by atoms with Crippen molar-refractivity contribution in [3.8, 4) is 17.6 Å². The summed E-state index contributed by atoms with van der Waals surface area (Å²) in [5, 5.41) is 8.94. The normalized spacial score (nSPS) is 12.5. The Labute approximate surface area is 146 Å². The lowest BCUT2D eigenvalue weighted by molar-refractivity contribution is 0.0959. The summed E-state index contributed by atoms with van der Waals surface area (Å²) in [6.07, 6.45) is 0.946. The Balaban J connectivity index is 1.93. The van der Waals surface area contributed by atoms with Crippen molar-refractivity contribution in [2.45, 2.75) is 26.7 Å². The van der Waals surface area contributed by atoms with E-state index in [4.69, 9.17) is 19.2 Å². The highest BCUT2D eigenvalue weighted by molar-refractivity contribution is 6.04. The molecule has 130 valence electrons. The van der Waals surface area contributed by atoms with E-state index in [9.17, 15) is 4.79 Å². The molecule has 2 aromatic rings. The number of ether oxygens (including phenoxy) is 2. The lowest BCUT2D eigenvalue weighted by Crippen LogP contribution is -2.31. The molecule has 0 saturated carbocycles. The number of hydrogen-bond donors (Lipinski definition) is 0. The van der Waals surface area contributed by atoms with Crippen LogP contribution in [0, 0.1) is 18.3 Å². The zero-order chi connectivity index (χ0) is 17.8. The number of benzene rings is 1. The van der Waals surface area contributed by atoms with Crippen molar-refractivity contribution in [2.24, 2.45) is 0 Å². The fraction of sp³-hybridized carbons (Fsp3) is 0.368. The Morgan fingerprint density at radius 1 is 1.24 bits per heavy atom. The second-order valence-electron chi connectivity index (χ2n) is 5.76. The average Bonchev–Trinajstić information content (AvgIpc) is 3.02. The maximum atomic E-state index is 13.0. The number of aryl methyl sites for hydroxylation is 2. The summed E-state index contributed by atoms with van der Waals surface area (Å²) in [5.41, 5.74) is 1.60. The third-order valence-electron chi connectivity index (χ3n) is 4.08. The summed E-state index contributed by atoms with van der Waals surface area (Å²) in [6, 6.07) is 9.17. The van der Waals surface area contributed by atoms with Crippen LogP contribution in [0.5, 0.6) is 11.5 Å². The van der Waals surface area contributed by atoms with E-state index in [1.54, 1.807) is 29.2 Å². The molecule has 0 radical (unpaired) electrons. The lowest BCUT2D eigenvalue weighted by atomic mass is 10.2. The van der Waals surface area contributed by atoms with Crippen molar-refractivity contribution in [2.75, 3.05) is 24.7 Å². The van der Waals surface area contributed by atoms with Crippen LogP contribution < -0.4 is 14.4 Å². The van der Waals surface area contributed by atoms with Crippen LogP contribution in [0.25, 0.3) is 0 Å². The smallest absolute Gasteiger partial charge is 0.294 e. The number of nitrogens with zero attached hydrogens (tertiary/aromatic N) is 2. The minimum absolute atomic E-state index is 0.223. The van der Waals surface area contributed by atoms with Gasteiger partial charge in [0.05, 0.1) is 12.5 Å². The second kappa shape index (κ2) is 7.31. The van der Waals surface area contributed by atoms with Gasteiger partial charge in [-0.1, -0.05) is 6.92 Å². The molecule has 1 aliphatic heterocycles. The molecule has 0 unspecified atom stereocenters. The minimum Gasteiger partial charge on any atom is -0.486 e. The average molecular weight is 340 g/mol. The van der Waals surface area contributed by atoms with Crippen LogP contribution >= 0.6 is 0 Å². The molecule has 0 fully saturated rings. The molecule has 0 saturated heterocycles. The molecular weight excluding hydrogens is 320 g/mol. The van der Waals surface area contributed by atoms with E-state index in [2.05, 4.69) is 6.07 Å². The van der Waals surface area contributed by atoms with E-state index in [1.165, 1.54) is 0 Å². The summed E-state index contributed by atoms with van der Waals surface area (Å²) >= 11 is 0. The van der Waals surface area contributed by atoms with E-state index in [0.29, 0.717) is 30.4 Å². The standard InChI is InChI=1S/C19H20N2O4/c1-3-15-13(2)11-18(25-15)19(22)21(8-4-7-20)14-5-6-16-17(12-14)24-10-9-23-16/h5-6,11-12H,3-4,8-10H2,1-2H3. The Kier molecular flexibility index (Phi) is 4.94. The van der Waals surface area contributed by atoms with Gasteiger partial charge in [0.25, 0.3) is 5.91 Å². The predicted molar refractivity (Wildman–Crippen MR) is 92.2 cm³/mol. The van der Waals surface area contributed by atoms with Gasteiger partial charge in [0.15, 0.2) is 17.3 Å². The molecule has 1 aromatic carbocycles. The van der Waals surface area contributed by atoms with Gasteiger partial charge in [-0.05, 0) is 30.7 Å². The summed E-state index contributed by atoms with van der Waals surface area (Å²) in [5.74, 6) is 2.07. The van der Waals surface area contributed by atoms with Crippen molar-refractivity contribution < 1.29 is 18.7 Å². The van der Waals surface area contributed by atoms with Gasteiger partial charge in [-0.2, -0.15) is 5.26 Å². The van der Waals surface area contributed by atoms with Crippen LogP contribution in [0.3, 0.4) is 0 Å². The molecule has 6 heteroatoms. The van der Waals surface area contributed by atoms with Gasteiger partial charge < -0.3 is 18.8 Å². The molecular formula is C19H20N2O4. The van der Waals surface area contributed by atoms with Crippen molar-refractivity contribution in [3.63, 3.8) is 0 Å². The Morgan fingerprint density at radius 3 is 2.68 bits per heavy atom. The van der Waals surface area contributed by atoms with E-state index in [-0.39, 0.29) is 24.6 Å². The first-order valence-electron chi connectivity index (χ1n) is 8.31. The van der Waals surface area contributed by atoms with Gasteiger partial charge >= 0.3 is 0 Å². The van der Waals surface area contributed by atoms with Crippen LogP contribution in [0.2, 0.25) is 0 Å². The van der Waals surface area contributed by atoms with Crippen molar-refractivity contribution in [3.05, 3.63) is 41.3 Å². The molecule has 0 bridgehead atoms. The maximum Gasteiger partial charge on any atom is 0.294 e. The second-order valence-corrected chi connectivity index (χ2v) is 5.76. The number of rotatable bonds is 5. The highest BCUT2D eigenvalue weighted by atomic mass is 16.6. The lowest BCUT2D eigenvalue weighted by Gasteiger charge is -2.24. The summed E-state index contributed by atoms with van der Waals surface area (Å²) in [6.45, 7) is 5.15. The Bertz CT molecular complexity index is 819. The summed E-state index contributed by atoms with van der Waals surface area (Å²) < 4.78 is 16.8. The Hall–Kier alpha value is -2.94. The van der Waals surface area contributed by atoms with Gasteiger partial charge in [0.2, 0.25) is 0 Å². The van der Waals surface area contributed by atoms with E-state index in [1.807, 2.05) is 13.8 Å². The third kappa shape index (κ3) is 3.45. The van der Waals surface area contributed by atoms with Crippen molar-refractivity contribution in [1.82, 2.24) is 0 Å². The molecule has 1 aliphatic rings. The molecule has 0 atom stereocenters. The van der Waals surface area contributed by atoms with Gasteiger partial charge in [0.1, 0.15) is 19.0 Å². The SMILES string of the molecule is CCc1oc(C(=O)N(CCC#N)c2ccc3c(c2)OCCO3)cc1C. The van der Waals surface area contributed by atoms with E-state index in [0.717, 1.165) is 17.7 Å². The van der Waals surface area contributed by atoms with E-state index < -0.39 is 0 Å². The molecule has 6 nitrogen and oxygen atoms in total. The number of amides is 1. The highest BCUT2D eigenvalue weighted by Crippen LogP contribution is 2.34. The predicted octanol–water partition coefficient (Wildman–Crippen LogP) is 3.48. The Morgan fingerprint density at radius 2 is 2.00 bits per heavy atom. The molecule has 0 spiro atoms. The zero-order valence-electron chi connectivity index (χ0n) is 14.4. The molecule has 1 amide bonds. The number of fused-ring (bicyclic) bond motifs is 1. The monoisotopic (exact) mass is 340 g/mol.